The predicted octanol–water partition coefficient (Wildman–Crippen LogP) is 1.77. The van der Waals surface area contributed by atoms with E-state index >= 15 is 0 Å². The van der Waals surface area contributed by atoms with Crippen LogP contribution in [0.5, 0.6) is 0 Å². The average Bonchev–Trinajstić information content (AvgIpc) is 2.48. The number of hydrogen-bond donors (Lipinski definition) is 1. The number of nitrogens with one attached hydrogen (secondary N) is 1. The molecule has 0 bridgehead atoms. The van der Waals surface area contributed by atoms with E-state index in [0.717, 1.165) is 5.75 Å². The number of nitrogens with zero attached hydrogens (tertiary/aromatic N) is 1. The van der Waals surface area contributed by atoms with Gasteiger partial charge in [-0.15, -0.1) is 11.8 Å². The Balaban J connectivity index is 1.70. The number of carbonyl (C=O) groups excluding carboxylic acids is 1. The quantitative estimate of drug-likeness (QED) is 0.844. The third kappa shape index (κ3) is 6.53. The van der Waals surface area contributed by atoms with Crippen LogP contribution in [0, 0.1) is 6.92 Å². The van der Waals surface area contributed by atoms with Crippen LogP contribution in [0.1, 0.15) is 24.0 Å². The van der Waals surface area contributed by atoms with Gasteiger partial charge in [-0.05, 0) is 25.3 Å². The molecule has 1 aliphatic rings. The number of piperidine rings is 1. The molecular weight excluding hydrogens is 332 g/mol. The van der Waals surface area contributed by atoms with E-state index in [1.807, 2.05) is 4.90 Å². The number of aryl methyl sites for hydroxylation is 1. The molecule has 1 aliphatic heterocycles. The summed E-state index contributed by atoms with van der Waals surface area (Å²) in [6.45, 7) is 3.30. The van der Waals surface area contributed by atoms with Crippen molar-refractivity contribution in [2.75, 3.05) is 25.1 Å². The van der Waals surface area contributed by atoms with Gasteiger partial charge in [-0.1, -0.05) is 29.8 Å². The van der Waals surface area contributed by atoms with Gasteiger partial charge in [0.25, 0.3) is 0 Å². The van der Waals surface area contributed by atoms with Gasteiger partial charge in [0.05, 0.1) is 12.0 Å². The molecule has 0 unspecified atom stereocenters. The number of carbonyl (C=O) groups is 1. The second-order valence-corrected chi connectivity index (χ2v) is 8.79. The minimum absolute atomic E-state index is 0.0470. The third-order valence-electron chi connectivity index (χ3n) is 3.84. The zero-order valence-electron chi connectivity index (χ0n) is 13.6. The molecule has 0 aliphatic carbocycles. The van der Waals surface area contributed by atoms with Crippen LogP contribution in [0.2, 0.25) is 0 Å². The normalized spacial score (nSPS) is 16.5. The van der Waals surface area contributed by atoms with Crippen molar-refractivity contribution in [1.82, 2.24) is 9.62 Å². The molecule has 1 aromatic rings. The summed E-state index contributed by atoms with van der Waals surface area (Å²) in [6, 6.07) is 8.30. The van der Waals surface area contributed by atoms with E-state index < -0.39 is 10.0 Å². The van der Waals surface area contributed by atoms with Crippen molar-refractivity contribution in [3.8, 4) is 0 Å². The highest BCUT2D eigenvalue weighted by Gasteiger charge is 2.24. The topological polar surface area (TPSA) is 66.5 Å². The van der Waals surface area contributed by atoms with Crippen LogP contribution < -0.4 is 4.72 Å². The maximum absolute atomic E-state index is 12.2. The van der Waals surface area contributed by atoms with Gasteiger partial charge in [-0.25, -0.2) is 13.1 Å². The zero-order valence-corrected chi connectivity index (χ0v) is 15.3. The fourth-order valence-electron chi connectivity index (χ4n) is 2.58. The van der Waals surface area contributed by atoms with Crippen LogP contribution in [0.4, 0.5) is 0 Å². The molecule has 0 saturated carbocycles. The van der Waals surface area contributed by atoms with Crippen LogP contribution in [0.15, 0.2) is 24.3 Å². The Kier molecular flexibility index (Phi) is 6.50. The highest BCUT2D eigenvalue weighted by Crippen LogP contribution is 2.16. The van der Waals surface area contributed by atoms with Crippen molar-refractivity contribution < 1.29 is 13.2 Å². The molecule has 1 heterocycles. The fourth-order valence-corrected chi connectivity index (χ4v) is 4.31. The summed E-state index contributed by atoms with van der Waals surface area (Å²) in [7, 11) is -3.17. The van der Waals surface area contributed by atoms with E-state index in [-0.39, 0.29) is 11.9 Å². The number of benzene rings is 1. The molecule has 1 aromatic carbocycles. The molecule has 23 heavy (non-hydrogen) atoms. The predicted molar refractivity (Wildman–Crippen MR) is 94.9 cm³/mol. The molecule has 1 amide bonds. The molecule has 5 nitrogen and oxygen atoms in total. The summed E-state index contributed by atoms with van der Waals surface area (Å²) >= 11 is 1.62. The summed E-state index contributed by atoms with van der Waals surface area (Å²) < 4.78 is 25.0. The Labute approximate surface area is 142 Å². The van der Waals surface area contributed by atoms with Crippen LogP contribution >= 0.6 is 11.8 Å². The van der Waals surface area contributed by atoms with Crippen LogP contribution in [-0.2, 0) is 20.6 Å². The van der Waals surface area contributed by atoms with Crippen molar-refractivity contribution in [1.29, 1.82) is 0 Å². The molecule has 0 aromatic heterocycles. The van der Waals surface area contributed by atoms with Crippen molar-refractivity contribution in [2.24, 2.45) is 0 Å². The fraction of sp³-hybridized carbons (Fsp3) is 0.562. The van der Waals surface area contributed by atoms with Crippen LogP contribution in [0.25, 0.3) is 0 Å². The number of thioether (sulfide) groups is 1. The lowest BCUT2D eigenvalue weighted by Gasteiger charge is -2.32. The highest BCUT2D eigenvalue weighted by molar-refractivity contribution is 7.99. The Morgan fingerprint density at radius 2 is 1.87 bits per heavy atom. The monoisotopic (exact) mass is 356 g/mol. The van der Waals surface area contributed by atoms with E-state index in [0.29, 0.717) is 31.7 Å². The smallest absolute Gasteiger partial charge is 0.232 e. The van der Waals surface area contributed by atoms with Gasteiger partial charge < -0.3 is 4.90 Å². The van der Waals surface area contributed by atoms with Crippen LogP contribution in [0.3, 0.4) is 0 Å². The van der Waals surface area contributed by atoms with E-state index in [9.17, 15) is 13.2 Å². The third-order valence-corrected chi connectivity index (χ3v) is 5.59. The average molecular weight is 357 g/mol. The molecule has 1 fully saturated rings. The first-order chi connectivity index (χ1) is 10.8. The van der Waals surface area contributed by atoms with Crippen molar-refractivity contribution in [3.63, 3.8) is 0 Å². The Hall–Kier alpha value is -1.05. The molecule has 0 radical (unpaired) electrons. The summed E-state index contributed by atoms with van der Waals surface area (Å²) in [5.74, 6) is 1.44. The van der Waals surface area contributed by atoms with Gasteiger partial charge in [0.15, 0.2) is 0 Å². The molecule has 128 valence electrons. The van der Waals surface area contributed by atoms with Gasteiger partial charge in [0.2, 0.25) is 15.9 Å². The Morgan fingerprint density at radius 3 is 2.43 bits per heavy atom. The summed E-state index contributed by atoms with van der Waals surface area (Å²) in [6.07, 6.45) is 2.54. The number of sulfonamides is 1. The Bertz CT molecular complexity index is 621. The van der Waals surface area contributed by atoms with Crippen LogP contribution in [-0.4, -0.2) is 50.4 Å². The zero-order chi connectivity index (χ0) is 16.9. The van der Waals surface area contributed by atoms with Crippen molar-refractivity contribution in [3.05, 3.63) is 35.4 Å². The first-order valence-electron chi connectivity index (χ1n) is 7.72. The van der Waals surface area contributed by atoms with Gasteiger partial charge >= 0.3 is 0 Å². The molecular formula is C16H24N2O3S2. The first-order valence-corrected chi connectivity index (χ1v) is 10.8. The number of amides is 1. The number of rotatable bonds is 6. The minimum atomic E-state index is -3.17. The lowest BCUT2D eigenvalue weighted by Crippen LogP contribution is -2.46. The highest BCUT2D eigenvalue weighted by atomic mass is 32.2. The lowest BCUT2D eigenvalue weighted by molar-refractivity contribution is -0.129. The van der Waals surface area contributed by atoms with E-state index in [4.69, 9.17) is 0 Å². The van der Waals surface area contributed by atoms with Crippen molar-refractivity contribution in [2.45, 2.75) is 31.6 Å². The molecule has 2 rings (SSSR count). The molecule has 1 saturated heterocycles. The number of hydrogen-bond acceptors (Lipinski definition) is 4. The molecule has 7 heteroatoms. The van der Waals surface area contributed by atoms with Gasteiger partial charge in [-0.3, -0.25) is 4.79 Å². The van der Waals surface area contributed by atoms with E-state index in [1.54, 1.807) is 11.8 Å². The first kappa shape index (κ1) is 18.3. The minimum Gasteiger partial charge on any atom is -0.342 e. The standard InChI is InChI=1S/C16H24N2O3S2/c1-13-3-5-14(6-4-13)11-22-12-16(19)18-9-7-15(8-10-18)17-23(2,20)21/h3-6,15,17H,7-12H2,1-2H3. The molecule has 0 spiro atoms. The van der Waals surface area contributed by atoms with Gasteiger partial charge in [0, 0.05) is 24.9 Å². The van der Waals surface area contributed by atoms with E-state index in [2.05, 4.69) is 35.9 Å². The second-order valence-electron chi connectivity index (χ2n) is 6.02. The molecule has 0 atom stereocenters. The largest absolute Gasteiger partial charge is 0.342 e. The number of likely N-dealkylation sites (tertiary alicyclic amines) is 1. The lowest BCUT2D eigenvalue weighted by atomic mass is 10.1. The second kappa shape index (κ2) is 8.17. The van der Waals surface area contributed by atoms with Gasteiger partial charge in [0.1, 0.15) is 0 Å². The summed E-state index contributed by atoms with van der Waals surface area (Å²) in [5, 5.41) is 0. The summed E-state index contributed by atoms with van der Waals surface area (Å²) in [5.41, 5.74) is 2.46. The van der Waals surface area contributed by atoms with Crippen molar-refractivity contribution >= 4 is 27.7 Å². The maximum atomic E-state index is 12.2. The Morgan fingerprint density at radius 1 is 1.26 bits per heavy atom. The van der Waals surface area contributed by atoms with Gasteiger partial charge in [-0.2, -0.15) is 0 Å². The summed E-state index contributed by atoms with van der Waals surface area (Å²) in [4.78, 5) is 14.0. The van der Waals surface area contributed by atoms with E-state index in [1.165, 1.54) is 17.4 Å². The maximum Gasteiger partial charge on any atom is 0.232 e. The SMILES string of the molecule is Cc1ccc(CSCC(=O)N2CCC(NS(C)(=O)=O)CC2)cc1. The molecule has 1 N–H and O–H groups in total.